The first-order valence-corrected chi connectivity index (χ1v) is 9.93. The van der Waals surface area contributed by atoms with Gasteiger partial charge in [-0.05, 0) is 39.8 Å². The van der Waals surface area contributed by atoms with Crippen LogP contribution in [-0.2, 0) is 4.74 Å². The molecule has 0 unspecified atom stereocenters. The second kappa shape index (κ2) is 10.1. The first-order chi connectivity index (χ1) is 13.3. The number of pyridine rings is 1. The van der Waals surface area contributed by atoms with E-state index in [1.165, 1.54) is 0 Å². The van der Waals surface area contributed by atoms with Crippen LogP contribution in [0.2, 0.25) is 0 Å². The van der Waals surface area contributed by atoms with Crippen molar-refractivity contribution in [1.29, 1.82) is 0 Å². The van der Waals surface area contributed by atoms with E-state index in [1.54, 1.807) is 11.9 Å². The van der Waals surface area contributed by atoms with Crippen LogP contribution in [0, 0.1) is 0 Å². The third-order valence-electron chi connectivity index (χ3n) is 4.46. The van der Waals surface area contributed by atoms with Crippen LogP contribution in [-0.4, -0.2) is 85.3 Å². The molecule has 1 aliphatic rings. The predicted octanol–water partition coefficient (Wildman–Crippen LogP) is 2.04. The molecule has 1 fully saturated rings. The van der Waals surface area contributed by atoms with Crippen LogP contribution in [0.4, 0.5) is 10.6 Å². The summed E-state index contributed by atoms with van der Waals surface area (Å²) in [4.78, 5) is 27.3. The largest absolute Gasteiger partial charge is 0.444 e. The number of likely N-dealkylation sites (N-methyl/N-ethyl adjacent to an activating group) is 1. The summed E-state index contributed by atoms with van der Waals surface area (Å²) in [6, 6.07) is 5.99. The summed E-state index contributed by atoms with van der Waals surface area (Å²) < 4.78 is 5.45. The highest BCUT2D eigenvalue weighted by Crippen LogP contribution is 2.12. The van der Waals surface area contributed by atoms with Crippen LogP contribution in [0.5, 0.6) is 0 Å². The maximum atomic E-state index is 12.2. The number of aliphatic imine (C=N–C) groups is 1. The van der Waals surface area contributed by atoms with Gasteiger partial charge in [-0.1, -0.05) is 6.07 Å². The first kappa shape index (κ1) is 21.8. The van der Waals surface area contributed by atoms with E-state index in [4.69, 9.17) is 4.74 Å². The molecule has 0 bridgehead atoms. The molecule has 1 amide bonds. The van der Waals surface area contributed by atoms with E-state index in [-0.39, 0.29) is 6.09 Å². The molecule has 0 atom stereocenters. The summed E-state index contributed by atoms with van der Waals surface area (Å²) in [5.41, 5.74) is -0.485. The van der Waals surface area contributed by atoms with Gasteiger partial charge in [-0.2, -0.15) is 0 Å². The van der Waals surface area contributed by atoms with E-state index in [9.17, 15) is 4.79 Å². The maximum absolute atomic E-state index is 12.2. The second-order valence-corrected chi connectivity index (χ2v) is 7.70. The normalized spacial score (nSPS) is 15.4. The Balaban J connectivity index is 1.79. The van der Waals surface area contributed by atoms with Gasteiger partial charge in [-0.25, -0.2) is 9.78 Å². The van der Waals surface area contributed by atoms with Crippen molar-refractivity contribution in [3.05, 3.63) is 24.4 Å². The van der Waals surface area contributed by atoms with E-state index < -0.39 is 5.60 Å². The molecule has 2 heterocycles. The molecular weight excluding hydrogens is 356 g/mol. The molecule has 28 heavy (non-hydrogen) atoms. The molecule has 8 nitrogen and oxygen atoms in total. The number of carbonyl (C=O) groups is 1. The van der Waals surface area contributed by atoms with Crippen LogP contribution >= 0.6 is 0 Å². The smallest absolute Gasteiger partial charge is 0.410 e. The Hall–Kier alpha value is -2.51. The zero-order chi connectivity index (χ0) is 20.6. The summed E-state index contributed by atoms with van der Waals surface area (Å²) in [6.07, 6.45) is 1.54. The minimum atomic E-state index is -0.485. The Morgan fingerprint density at radius 3 is 2.54 bits per heavy atom. The molecule has 0 aromatic carbocycles. The standard InChI is InChI=1S/C20H34N6O2/c1-6-24(19(27)28-20(2,3)4)12-11-23-18(21-5)26-15-13-25(14-16-26)17-9-7-8-10-22-17/h7-10H,6,11-16H2,1-5H3,(H,21,23). The summed E-state index contributed by atoms with van der Waals surface area (Å²) in [5, 5.41) is 3.37. The van der Waals surface area contributed by atoms with Gasteiger partial charge in [-0.3, -0.25) is 4.99 Å². The predicted molar refractivity (Wildman–Crippen MR) is 113 cm³/mol. The molecule has 0 spiro atoms. The van der Waals surface area contributed by atoms with Crippen molar-refractivity contribution in [2.75, 3.05) is 57.8 Å². The van der Waals surface area contributed by atoms with Gasteiger partial charge in [0.25, 0.3) is 0 Å². The lowest BCUT2D eigenvalue weighted by Gasteiger charge is -2.37. The lowest BCUT2D eigenvalue weighted by molar-refractivity contribution is 0.0263. The highest BCUT2D eigenvalue weighted by atomic mass is 16.6. The monoisotopic (exact) mass is 390 g/mol. The third-order valence-corrected chi connectivity index (χ3v) is 4.46. The average molecular weight is 391 g/mol. The number of aromatic nitrogens is 1. The number of hydrogen-bond donors (Lipinski definition) is 1. The van der Waals surface area contributed by atoms with E-state index in [2.05, 4.69) is 25.1 Å². The molecule has 8 heteroatoms. The number of guanidine groups is 1. The van der Waals surface area contributed by atoms with Crippen molar-refractivity contribution in [3.63, 3.8) is 0 Å². The summed E-state index contributed by atoms with van der Waals surface area (Å²) in [7, 11) is 1.79. The van der Waals surface area contributed by atoms with Gasteiger partial charge < -0.3 is 24.8 Å². The fourth-order valence-corrected chi connectivity index (χ4v) is 3.03. The minimum Gasteiger partial charge on any atom is -0.444 e. The fourth-order valence-electron chi connectivity index (χ4n) is 3.03. The number of rotatable bonds is 5. The van der Waals surface area contributed by atoms with Crippen LogP contribution < -0.4 is 10.2 Å². The maximum Gasteiger partial charge on any atom is 0.410 e. The highest BCUT2D eigenvalue weighted by molar-refractivity contribution is 5.80. The number of amides is 1. The van der Waals surface area contributed by atoms with Gasteiger partial charge in [0.15, 0.2) is 5.96 Å². The molecule has 1 aromatic rings. The Bertz CT molecular complexity index is 636. The summed E-state index contributed by atoms with van der Waals surface area (Å²) in [6.45, 7) is 12.9. The Labute approximate surface area is 168 Å². The van der Waals surface area contributed by atoms with Crippen LogP contribution in [0.25, 0.3) is 0 Å². The lowest BCUT2D eigenvalue weighted by Crippen LogP contribution is -2.53. The van der Waals surface area contributed by atoms with Gasteiger partial charge in [0.05, 0.1) is 0 Å². The van der Waals surface area contributed by atoms with Crippen molar-refractivity contribution < 1.29 is 9.53 Å². The van der Waals surface area contributed by atoms with Crippen molar-refractivity contribution >= 4 is 17.9 Å². The number of ether oxygens (including phenoxy) is 1. The fraction of sp³-hybridized carbons (Fsp3) is 0.650. The number of nitrogens with one attached hydrogen (secondary N) is 1. The van der Waals surface area contributed by atoms with E-state index in [0.29, 0.717) is 19.6 Å². The SMILES string of the molecule is CCN(CCNC(=NC)N1CCN(c2ccccn2)CC1)C(=O)OC(C)(C)C. The van der Waals surface area contributed by atoms with Gasteiger partial charge >= 0.3 is 6.09 Å². The molecule has 1 saturated heterocycles. The van der Waals surface area contributed by atoms with Crippen molar-refractivity contribution in [3.8, 4) is 0 Å². The zero-order valence-corrected chi connectivity index (χ0v) is 17.8. The van der Waals surface area contributed by atoms with Crippen LogP contribution in [0.15, 0.2) is 29.4 Å². The number of anilines is 1. The van der Waals surface area contributed by atoms with Crippen molar-refractivity contribution in [2.45, 2.75) is 33.3 Å². The van der Waals surface area contributed by atoms with Crippen molar-refractivity contribution in [1.82, 2.24) is 20.1 Å². The topological polar surface area (TPSA) is 73.3 Å². The number of carbonyl (C=O) groups excluding carboxylic acids is 1. The van der Waals surface area contributed by atoms with Crippen LogP contribution in [0.3, 0.4) is 0 Å². The molecule has 1 aliphatic heterocycles. The summed E-state index contributed by atoms with van der Waals surface area (Å²) >= 11 is 0. The molecule has 156 valence electrons. The molecule has 2 rings (SSSR count). The quantitative estimate of drug-likeness (QED) is 0.613. The zero-order valence-electron chi connectivity index (χ0n) is 17.8. The second-order valence-electron chi connectivity index (χ2n) is 7.70. The number of hydrogen-bond acceptors (Lipinski definition) is 5. The van der Waals surface area contributed by atoms with Crippen LogP contribution in [0.1, 0.15) is 27.7 Å². The summed E-state index contributed by atoms with van der Waals surface area (Å²) in [5.74, 6) is 1.88. The molecule has 0 radical (unpaired) electrons. The van der Waals surface area contributed by atoms with Gasteiger partial charge in [0.1, 0.15) is 11.4 Å². The van der Waals surface area contributed by atoms with Gasteiger partial charge in [0.2, 0.25) is 0 Å². The lowest BCUT2D eigenvalue weighted by atomic mass is 10.2. The van der Waals surface area contributed by atoms with E-state index in [0.717, 1.165) is 38.0 Å². The molecule has 1 N–H and O–H groups in total. The molecular formula is C20H34N6O2. The average Bonchev–Trinajstić information content (AvgIpc) is 2.68. The van der Waals surface area contributed by atoms with Crippen molar-refractivity contribution in [2.24, 2.45) is 4.99 Å². The molecule has 1 aromatic heterocycles. The number of piperazine rings is 1. The Kier molecular flexibility index (Phi) is 7.90. The molecule has 0 saturated carbocycles. The third kappa shape index (κ3) is 6.58. The first-order valence-electron chi connectivity index (χ1n) is 9.93. The van der Waals surface area contributed by atoms with Gasteiger partial charge in [0, 0.05) is 59.1 Å². The highest BCUT2D eigenvalue weighted by Gasteiger charge is 2.22. The van der Waals surface area contributed by atoms with E-state index >= 15 is 0 Å². The molecule has 0 aliphatic carbocycles. The van der Waals surface area contributed by atoms with E-state index in [1.807, 2.05) is 52.1 Å². The Morgan fingerprint density at radius 2 is 2.00 bits per heavy atom. The van der Waals surface area contributed by atoms with Gasteiger partial charge in [-0.15, -0.1) is 0 Å². The number of nitrogens with zero attached hydrogens (tertiary/aromatic N) is 5. The Morgan fingerprint density at radius 1 is 1.29 bits per heavy atom. The minimum absolute atomic E-state index is 0.282.